The molecule has 0 saturated heterocycles. The highest BCUT2D eigenvalue weighted by Crippen LogP contribution is 2.36. The predicted molar refractivity (Wildman–Crippen MR) is 68.1 cm³/mol. The summed E-state index contributed by atoms with van der Waals surface area (Å²) in [5, 5.41) is 15.5. The molecular formula is C10H18N6OS. The number of tetrazole rings is 1. The summed E-state index contributed by atoms with van der Waals surface area (Å²) in [6.45, 7) is 4.44. The van der Waals surface area contributed by atoms with Crippen LogP contribution in [0.15, 0.2) is 5.16 Å². The van der Waals surface area contributed by atoms with Gasteiger partial charge in [0.2, 0.25) is 11.1 Å². The van der Waals surface area contributed by atoms with Crippen LogP contribution in [0.4, 0.5) is 0 Å². The van der Waals surface area contributed by atoms with Crippen molar-refractivity contribution in [2.75, 3.05) is 12.3 Å². The van der Waals surface area contributed by atoms with Crippen LogP contribution >= 0.6 is 11.8 Å². The zero-order valence-corrected chi connectivity index (χ0v) is 11.4. The van der Waals surface area contributed by atoms with E-state index in [1.807, 2.05) is 11.6 Å². The molecule has 1 unspecified atom stereocenters. The molecule has 0 radical (unpaired) electrons. The summed E-state index contributed by atoms with van der Waals surface area (Å²) in [4.78, 5) is 11.5. The Morgan fingerprint density at radius 3 is 2.94 bits per heavy atom. The molecule has 1 heterocycles. The van der Waals surface area contributed by atoms with Crippen LogP contribution in [0.25, 0.3) is 0 Å². The third-order valence-electron chi connectivity index (χ3n) is 2.96. The van der Waals surface area contributed by atoms with Gasteiger partial charge in [-0.1, -0.05) is 18.7 Å². The van der Waals surface area contributed by atoms with Crippen LogP contribution in [0.5, 0.6) is 0 Å². The number of nitrogens with zero attached hydrogens (tertiary/aromatic N) is 4. The number of nitrogens with one attached hydrogen (secondary N) is 1. The van der Waals surface area contributed by atoms with Gasteiger partial charge in [0.05, 0.1) is 6.04 Å². The van der Waals surface area contributed by atoms with Gasteiger partial charge in [0, 0.05) is 5.75 Å². The van der Waals surface area contributed by atoms with Gasteiger partial charge in [0.1, 0.15) is 5.54 Å². The lowest BCUT2D eigenvalue weighted by molar-refractivity contribution is -0.122. The van der Waals surface area contributed by atoms with Gasteiger partial charge < -0.3 is 11.1 Å². The molecule has 100 valence electrons. The summed E-state index contributed by atoms with van der Waals surface area (Å²) in [6, 6.07) is 0.432. The molecule has 1 saturated carbocycles. The van der Waals surface area contributed by atoms with E-state index >= 15 is 0 Å². The van der Waals surface area contributed by atoms with Crippen LogP contribution in [0, 0.1) is 0 Å². The number of likely N-dealkylation sites (N-methyl/N-ethyl adjacent to an activating group) is 1. The maximum absolute atomic E-state index is 11.5. The molecule has 1 aliphatic rings. The van der Waals surface area contributed by atoms with Crippen LogP contribution in [-0.2, 0) is 4.79 Å². The Balaban J connectivity index is 2.00. The van der Waals surface area contributed by atoms with E-state index in [0.29, 0.717) is 18.3 Å². The Morgan fingerprint density at radius 2 is 2.39 bits per heavy atom. The first kappa shape index (κ1) is 13.3. The Kier molecular flexibility index (Phi) is 3.86. The van der Waals surface area contributed by atoms with Crippen molar-refractivity contribution in [1.82, 2.24) is 25.5 Å². The summed E-state index contributed by atoms with van der Waals surface area (Å²) in [5.74, 6) is 0.158. The number of aromatic nitrogens is 4. The lowest BCUT2D eigenvalue weighted by Gasteiger charge is -2.26. The zero-order chi connectivity index (χ0) is 13.2. The Labute approximate surface area is 110 Å². The second-order valence-corrected chi connectivity index (χ2v) is 5.60. The van der Waals surface area contributed by atoms with Crippen LogP contribution in [-0.4, -0.2) is 44.0 Å². The van der Waals surface area contributed by atoms with Crippen molar-refractivity contribution < 1.29 is 4.79 Å². The van der Waals surface area contributed by atoms with Crippen LogP contribution in [0.1, 0.15) is 32.7 Å². The number of nitrogens with two attached hydrogens (primary N) is 1. The topological polar surface area (TPSA) is 98.7 Å². The second-order valence-electron chi connectivity index (χ2n) is 4.65. The van der Waals surface area contributed by atoms with E-state index in [4.69, 9.17) is 5.73 Å². The summed E-state index contributed by atoms with van der Waals surface area (Å²) in [7, 11) is 0. The molecule has 1 atom stereocenters. The first-order valence-electron chi connectivity index (χ1n) is 6.02. The number of amides is 1. The molecule has 2 rings (SSSR count). The molecule has 8 heteroatoms. The van der Waals surface area contributed by atoms with Gasteiger partial charge in [-0.15, -0.1) is 5.10 Å². The van der Waals surface area contributed by atoms with E-state index in [1.165, 1.54) is 11.8 Å². The Bertz CT molecular complexity index is 432. The number of hydrogen-bond acceptors (Lipinski definition) is 6. The molecule has 0 aromatic carbocycles. The van der Waals surface area contributed by atoms with Gasteiger partial charge in [-0.3, -0.25) is 4.79 Å². The van der Waals surface area contributed by atoms with E-state index in [1.54, 1.807) is 6.92 Å². The average Bonchev–Trinajstić information content (AvgIpc) is 3.06. The maximum atomic E-state index is 11.5. The van der Waals surface area contributed by atoms with E-state index in [9.17, 15) is 4.79 Å². The predicted octanol–water partition coefficient (Wildman–Crippen LogP) is -0.0464. The Hall–Kier alpha value is -1.15. The lowest BCUT2D eigenvalue weighted by Crippen LogP contribution is -2.55. The minimum atomic E-state index is -0.736. The monoisotopic (exact) mass is 270 g/mol. The van der Waals surface area contributed by atoms with Gasteiger partial charge in [0.15, 0.2) is 0 Å². The molecule has 0 spiro atoms. The molecule has 7 nitrogen and oxygen atoms in total. The van der Waals surface area contributed by atoms with Gasteiger partial charge in [-0.05, 0) is 36.7 Å². The third-order valence-corrected chi connectivity index (χ3v) is 4.20. The van der Waals surface area contributed by atoms with Crippen molar-refractivity contribution in [2.45, 2.75) is 43.4 Å². The van der Waals surface area contributed by atoms with Crippen LogP contribution in [0.3, 0.4) is 0 Å². The van der Waals surface area contributed by atoms with E-state index < -0.39 is 5.54 Å². The molecular weight excluding hydrogens is 252 g/mol. The Morgan fingerprint density at radius 1 is 1.67 bits per heavy atom. The highest BCUT2D eigenvalue weighted by atomic mass is 32.2. The number of carbonyl (C=O) groups excluding carboxylic acids is 1. The maximum Gasteiger partial charge on any atom is 0.238 e. The number of thioether (sulfide) groups is 1. The quantitative estimate of drug-likeness (QED) is 0.674. The van der Waals surface area contributed by atoms with Gasteiger partial charge in [-0.2, -0.15) is 0 Å². The highest BCUT2D eigenvalue weighted by Gasteiger charge is 2.33. The molecule has 1 aromatic rings. The fraction of sp³-hybridized carbons (Fsp3) is 0.800. The first-order valence-corrected chi connectivity index (χ1v) is 7.01. The van der Waals surface area contributed by atoms with Crippen molar-refractivity contribution in [3.63, 3.8) is 0 Å². The van der Waals surface area contributed by atoms with Crippen molar-refractivity contribution in [1.29, 1.82) is 0 Å². The SMILES string of the molecule is CCNC(C)(CSc1nnnn1C1CC1)C(N)=O. The first-order chi connectivity index (χ1) is 8.57. The molecule has 0 aliphatic heterocycles. The van der Waals surface area contributed by atoms with Crippen LogP contribution < -0.4 is 11.1 Å². The largest absolute Gasteiger partial charge is 0.368 e. The fourth-order valence-corrected chi connectivity index (χ4v) is 2.71. The van der Waals surface area contributed by atoms with Gasteiger partial charge in [-0.25, -0.2) is 4.68 Å². The molecule has 3 N–H and O–H groups in total. The van der Waals surface area contributed by atoms with Crippen molar-refractivity contribution in [3.8, 4) is 0 Å². The number of hydrogen-bond donors (Lipinski definition) is 2. The van der Waals surface area contributed by atoms with E-state index in [0.717, 1.165) is 18.0 Å². The average molecular weight is 270 g/mol. The minimum absolute atomic E-state index is 0.359. The number of rotatable bonds is 7. The van der Waals surface area contributed by atoms with Crippen molar-refractivity contribution >= 4 is 17.7 Å². The second kappa shape index (κ2) is 5.23. The summed E-state index contributed by atoms with van der Waals surface area (Å²) in [5.41, 5.74) is 4.70. The summed E-state index contributed by atoms with van der Waals surface area (Å²) >= 11 is 1.46. The zero-order valence-electron chi connectivity index (χ0n) is 10.6. The molecule has 0 bridgehead atoms. The summed E-state index contributed by atoms with van der Waals surface area (Å²) < 4.78 is 1.83. The van der Waals surface area contributed by atoms with Crippen molar-refractivity contribution in [2.24, 2.45) is 5.73 Å². The number of primary amides is 1. The summed E-state index contributed by atoms with van der Waals surface area (Å²) in [6.07, 6.45) is 2.25. The standard InChI is InChI=1S/C10H18N6OS/c1-3-12-10(2,8(11)17)6-18-9-13-14-15-16(9)7-4-5-7/h7,12H,3-6H2,1-2H3,(H2,11,17). The minimum Gasteiger partial charge on any atom is -0.368 e. The third kappa shape index (κ3) is 2.81. The normalized spacial score (nSPS) is 18.6. The van der Waals surface area contributed by atoms with E-state index in [-0.39, 0.29) is 5.91 Å². The smallest absolute Gasteiger partial charge is 0.238 e. The van der Waals surface area contributed by atoms with Crippen molar-refractivity contribution in [3.05, 3.63) is 0 Å². The molecule has 18 heavy (non-hydrogen) atoms. The molecule has 1 aliphatic carbocycles. The van der Waals surface area contributed by atoms with Gasteiger partial charge in [0.25, 0.3) is 0 Å². The molecule has 1 aromatic heterocycles. The van der Waals surface area contributed by atoms with Gasteiger partial charge >= 0.3 is 0 Å². The van der Waals surface area contributed by atoms with E-state index in [2.05, 4.69) is 20.8 Å². The van der Waals surface area contributed by atoms with Crippen LogP contribution in [0.2, 0.25) is 0 Å². The lowest BCUT2D eigenvalue weighted by atomic mass is 10.1. The molecule has 1 fully saturated rings. The number of carbonyl (C=O) groups is 1. The highest BCUT2D eigenvalue weighted by molar-refractivity contribution is 7.99. The fourth-order valence-electron chi connectivity index (χ4n) is 1.64. The molecule has 1 amide bonds.